The summed E-state index contributed by atoms with van der Waals surface area (Å²) in [6, 6.07) is 1.29. The monoisotopic (exact) mass is 272 g/mol. The average molecular weight is 272 g/mol. The van der Waals surface area contributed by atoms with Crippen LogP contribution in [0.15, 0.2) is 0 Å². The molecule has 2 aliphatic heterocycles. The Morgan fingerprint density at radius 2 is 2.00 bits per heavy atom. The molecule has 0 aromatic heterocycles. The van der Waals surface area contributed by atoms with Gasteiger partial charge in [-0.2, -0.15) is 0 Å². The Bertz CT molecular complexity index is 310. The van der Waals surface area contributed by atoms with Crippen LogP contribution in [-0.2, 0) is 15.6 Å². The molecule has 0 radical (unpaired) electrons. The van der Waals surface area contributed by atoms with Crippen LogP contribution < -0.4 is 10.6 Å². The van der Waals surface area contributed by atoms with E-state index in [9.17, 15) is 9.00 Å². The fraction of sp³-hybridized carbons (Fsp3) is 0.923. The van der Waals surface area contributed by atoms with Crippen molar-refractivity contribution in [3.8, 4) is 0 Å². The fourth-order valence-electron chi connectivity index (χ4n) is 3.12. The van der Waals surface area contributed by atoms with Crippen LogP contribution in [0.4, 0.5) is 0 Å². The third-order valence-corrected chi connectivity index (χ3v) is 5.32. The summed E-state index contributed by atoms with van der Waals surface area (Å²) in [4.78, 5) is 11.8. The summed E-state index contributed by atoms with van der Waals surface area (Å²) < 4.78 is 11.2. The molecule has 0 aromatic carbocycles. The lowest BCUT2D eigenvalue weighted by Gasteiger charge is -2.28. The molecule has 2 saturated heterocycles. The van der Waals surface area contributed by atoms with Gasteiger partial charge in [0.15, 0.2) is 0 Å². The zero-order chi connectivity index (χ0) is 13.0. The summed E-state index contributed by atoms with van der Waals surface area (Å²) in [7, 11) is -0.776. The van der Waals surface area contributed by atoms with Crippen molar-refractivity contribution in [2.45, 2.75) is 51.1 Å². The first kappa shape index (κ1) is 14.0. The van der Waals surface area contributed by atoms with Gasteiger partial charge in [0.25, 0.3) is 0 Å². The van der Waals surface area contributed by atoms with Gasteiger partial charge >= 0.3 is 0 Å². The summed E-state index contributed by atoms with van der Waals surface area (Å²) in [6.07, 6.45) is 5.49. The van der Waals surface area contributed by atoms with Crippen molar-refractivity contribution in [2.24, 2.45) is 5.92 Å². The van der Waals surface area contributed by atoms with Crippen molar-refractivity contribution in [2.75, 3.05) is 18.1 Å². The maximum Gasteiger partial charge on any atom is 0.220 e. The minimum absolute atomic E-state index is 0.134. The van der Waals surface area contributed by atoms with Gasteiger partial charge in [0.1, 0.15) is 0 Å². The van der Waals surface area contributed by atoms with E-state index in [0.717, 1.165) is 12.8 Å². The van der Waals surface area contributed by atoms with E-state index in [1.807, 2.05) is 6.92 Å². The number of hydrogen-bond acceptors (Lipinski definition) is 3. The van der Waals surface area contributed by atoms with Crippen molar-refractivity contribution in [3.05, 3.63) is 0 Å². The van der Waals surface area contributed by atoms with Gasteiger partial charge in [-0.25, -0.2) is 0 Å². The molecular weight excluding hydrogens is 248 g/mol. The van der Waals surface area contributed by atoms with Gasteiger partial charge in [-0.05, 0) is 31.6 Å². The van der Waals surface area contributed by atoms with E-state index in [4.69, 9.17) is 0 Å². The highest BCUT2D eigenvalue weighted by atomic mass is 32.2. The average Bonchev–Trinajstić information content (AvgIpc) is 2.68. The predicted octanol–water partition coefficient (Wildman–Crippen LogP) is 0.792. The Morgan fingerprint density at radius 3 is 2.61 bits per heavy atom. The summed E-state index contributed by atoms with van der Waals surface area (Å²) in [5.74, 6) is 1.93. The van der Waals surface area contributed by atoms with Crippen molar-refractivity contribution in [1.82, 2.24) is 10.6 Å². The SMILES string of the molecule is CCS(=O)CCNC(=O)CC1CC2CCC(C1)N2. The van der Waals surface area contributed by atoms with E-state index in [2.05, 4.69) is 10.6 Å². The largest absolute Gasteiger partial charge is 0.355 e. The van der Waals surface area contributed by atoms with Crippen LogP contribution >= 0.6 is 0 Å². The highest BCUT2D eigenvalue weighted by Gasteiger charge is 2.33. The number of rotatable bonds is 6. The van der Waals surface area contributed by atoms with Crippen molar-refractivity contribution in [3.63, 3.8) is 0 Å². The first-order chi connectivity index (χ1) is 8.67. The topological polar surface area (TPSA) is 58.2 Å². The number of nitrogens with one attached hydrogen (secondary N) is 2. The van der Waals surface area contributed by atoms with Crippen molar-refractivity contribution in [1.29, 1.82) is 0 Å². The second-order valence-electron chi connectivity index (χ2n) is 5.46. The molecule has 2 aliphatic rings. The van der Waals surface area contributed by atoms with Crippen LogP contribution in [0, 0.1) is 5.92 Å². The number of hydrogen-bond donors (Lipinski definition) is 2. The van der Waals surface area contributed by atoms with Crippen LogP contribution in [0.2, 0.25) is 0 Å². The molecule has 0 aromatic rings. The van der Waals surface area contributed by atoms with Crippen molar-refractivity contribution < 1.29 is 9.00 Å². The normalized spacial score (nSPS) is 32.2. The molecular formula is C13H24N2O2S. The van der Waals surface area contributed by atoms with Gasteiger partial charge in [-0.15, -0.1) is 0 Å². The van der Waals surface area contributed by atoms with Crippen LogP contribution in [0.3, 0.4) is 0 Å². The summed E-state index contributed by atoms with van der Waals surface area (Å²) >= 11 is 0. The molecule has 18 heavy (non-hydrogen) atoms. The molecule has 2 rings (SSSR count). The van der Waals surface area contributed by atoms with Crippen LogP contribution in [0.25, 0.3) is 0 Å². The molecule has 1 amide bonds. The Balaban J connectivity index is 1.63. The molecule has 0 spiro atoms. The third kappa shape index (κ3) is 4.05. The number of amides is 1. The van der Waals surface area contributed by atoms with Crippen LogP contribution in [0.1, 0.15) is 39.0 Å². The molecule has 2 bridgehead atoms. The van der Waals surface area contributed by atoms with Crippen LogP contribution in [-0.4, -0.2) is 40.3 Å². The van der Waals surface area contributed by atoms with Gasteiger partial charge < -0.3 is 10.6 Å². The van der Waals surface area contributed by atoms with E-state index in [-0.39, 0.29) is 5.91 Å². The lowest BCUT2D eigenvalue weighted by molar-refractivity contribution is -0.122. The number of piperidine rings is 1. The molecule has 5 heteroatoms. The molecule has 3 atom stereocenters. The van der Waals surface area contributed by atoms with Gasteiger partial charge in [0.05, 0.1) is 0 Å². The van der Waals surface area contributed by atoms with E-state index < -0.39 is 10.8 Å². The molecule has 2 fully saturated rings. The predicted molar refractivity (Wildman–Crippen MR) is 73.8 cm³/mol. The zero-order valence-electron chi connectivity index (χ0n) is 11.1. The van der Waals surface area contributed by atoms with E-state index >= 15 is 0 Å². The summed E-state index contributed by atoms with van der Waals surface area (Å²) in [6.45, 7) is 2.46. The first-order valence-corrected chi connectivity index (χ1v) is 8.54. The zero-order valence-corrected chi connectivity index (χ0v) is 11.9. The second-order valence-corrected chi connectivity index (χ2v) is 7.33. The van der Waals surface area contributed by atoms with Gasteiger partial charge in [-0.3, -0.25) is 9.00 Å². The first-order valence-electron chi connectivity index (χ1n) is 7.05. The molecule has 4 nitrogen and oxygen atoms in total. The highest BCUT2D eigenvalue weighted by molar-refractivity contribution is 7.84. The summed E-state index contributed by atoms with van der Waals surface area (Å²) in [5.41, 5.74) is 0. The molecule has 0 aliphatic carbocycles. The van der Waals surface area contributed by atoms with E-state index in [1.54, 1.807) is 0 Å². The Morgan fingerprint density at radius 1 is 1.33 bits per heavy atom. The quantitative estimate of drug-likeness (QED) is 0.752. The lowest BCUT2D eigenvalue weighted by Crippen LogP contribution is -2.40. The highest BCUT2D eigenvalue weighted by Crippen LogP contribution is 2.32. The fourth-order valence-corrected chi connectivity index (χ4v) is 3.74. The minimum atomic E-state index is -0.776. The van der Waals surface area contributed by atoms with E-state index in [1.165, 1.54) is 12.8 Å². The second kappa shape index (κ2) is 6.66. The van der Waals surface area contributed by atoms with Gasteiger partial charge in [0.2, 0.25) is 5.91 Å². The molecule has 104 valence electrons. The lowest BCUT2D eigenvalue weighted by atomic mass is 9.89. The Labute approximate surface area is 112 Å². The number of carbonyl (C=O) groups is 1. The molecule has 2 N–H and O–H groups in total. The third-order valence-electron chi connectivity index (χ3n) is 4.02. The maximum atomic E-state index is 11.8. The van der Waals surface area contributed by atoms with Gasteiger partial charge in [0, 0.05) is 47.4 Å². The summed E-state index contributed by atoms with van der Waals surface area (Å²) in [5, 5.41) is 6.48. The van der Waals surface area contributed by atoms with Crippen LogP contribution in [0.5, 0.6) is 0 Å². The Hall–Kier alpha value is -0.420. The number of carbonyl (C=O) groups excluding carboxylic acids is 1. The molecule has 0 saturated carbocycles. The Kier molecular flexibility index (Phi) is 5.18. The number of fused-ring (bicyclic) bond motifs is 2. The van der Waals surface area contributed by atoms with E-state index in [0.29, 0.717) is 42.5 Å². The van der Waals surface area contributed by atoms with Gasteiger partial charge in [-0.1, -0.05) is 6.92 Å². The smallest absolute Gasteiger partial charge is 0.220 e. The molecule has 2 heterocycles. The minimum Gasteiger partial charge on any atom is -0.355 e. The standard InChI is InChI=1S/C13H24N2O2S/c1-2-18(17)6-5-14-13(16)9-10-7-11-3-4-12(8-10)15-11/h10-12,15H,2-9H2,1H3,(H,14,16). The molecule has 3 unspecified atom stereocenters. The maximum absolute atomic E-state index is 11.8. The van der Waals surface area contributed by atoms with Crippen molar-refractivity contribution >= 4 is 16.7 Å².